The lowest BCUT2D eigenvalue weighted by Crippen LogP contribution is -1.98. The van der Waals surface area contributed by atoms with Crippen LogP contribution in [0.25, 0.3) is 11.4 Å². The van der Waals surface area contributed by atoms with Crippen molar-refractivity contribution < 1.29 is 9.13 Å². The van der Waals surface area contributed by atoms with Crippen molar-refractivity contribution in [1.82, 2.24) is 9.97 Å². The van der Waals surface area contributed by atoms with Crippen LogP contribution in [0, 0.1) is 18.2 Å². The predicted molar refractivity (Wildman–Crippen MR) is 84.9 cm³/mol. The van der Waals surface area contributed by atoms with Crippen molar-refractivity contribution in [3.8, 4) is 29.5 Å². The van der Waals surface area contributed by atoms with Gasteiger partial charge in [0.25, 0.3) is 0 Å². The Bertz CT molecular complexity index is 687. The maximum absolute atomic E-state index is 14.1. The molecule has 0 unspecified atom stereocenters. The van der Waals surface area contributed by atoms with E-state index in [0.29, 0.717) is 29.3 Å². The molecule has 1 heterocycles. The summed E-state index contributed by atoms with van der Waals surface area (Å²) in [6.07, 6.45) is 14.1. The van der Waals surface area contributed by atoms with Crippen molar-refractivity contribution in [1.29, 1.82) is 0 Å². The fraction of sp³-hybridized carbons (Fsp3) is 0.222. The zero-order valence-electron chi connectivity index (χ0n) is 12.4. The van der Waals surface area contributed by atoms with Crippen LogP contribution in [0.15, 0.2) is 42.7 Å². The summed E-state index contributed by atoms with van der Waals surface area (Å²) in [4.78, 5) is 8.13. The normalized spacial score (nSPS) is 10.6. The second-order valence-corrected chi connectivity index (χ2v) is 4.60. The molecule has 0 fully saturated rings. The molecule has 0 radical (unpaired) electrons. The Kier molecular flexibility index (Phi) is 5.67. The first-order valence-electron chi connectivity index (χ1n) is 7.11. The third-order valence-corrected chi connectivity index (χ3v) is 2.96. The van der Waals surface area contributed by atoms with Crippen LogP contribution < -0.4 is 4.74 Å². The van der Waals surface area contributed by atoms with Crippen LogP contribution in [0.3, 0.4) is 0 Å². The Morgan fingerprint density at radius 3 is 2.68 bits per heavy atom. The molecule has 0 N–H and O–H groups in total. The van der Waals surface area contributed by atoms with Gasteiger partial charge < -0.3 is 4.74 Å². The highest BCUT2D eigenvalue weighted by atomic mass is 19.1. The van der Waals surface area contributed by atoms with Gasteiger partial charge >= 0.3 is 0 Å². The van der Waals surface area contributed by atoms with Gasteiger partial charge in [-0.15, -0.1) is 6.42 Å². The Morgan fingerprint density at radius 1 is 1.27 bits per heavy atom. The van der Waals surface area contributed by atoms with Crippen LogP contribution in [-0.4, -0.2) is 16.6 Å². The van der Waals surface area contributed by atoms with Crippen LogP contribution >= 0.6 is 0 Å². The van der Waals surface area contributed by atoms with Gasteiger partial charge in [-0.25, -0.2) is 14.4 Å². The van der Waals surface area contributed by atoms with Gasteiger partial charge in [0.05, 0.1) is 17.7 Å². The first kappa shape index (κ1) is 15.7. The molecule has 0 spiro atoms. The summed E-state index contributed by atoms with van der Waals surface area (Å²) in [6, 6.07) is 4.66. The number of nitrogens with zero attached hydrogens (tertiary/aromatic N) is 2. The van der Waals surface area contributed by atoms with Crippen molar-refractivity contribution >= 4 is 0 Å². The average Bonchev–Trinajstić information content (AvgIpc) is 2.55. The van der Waals surface area contributed by atoms with Crippen molar-refractivity contribution in [3.05, 3.63) is 54.1 Å². The number of benzene rings is 1. The topological polar surface area (TPSA) is 35.0 Å². The van der Waals surface area contributed by atoms with Crippen molar-refractivity contribution in [2.45, 2.75) is 19.8 Å². The summed E-state index contributed by atoms with van der Waals surface area (Å²) < 4.78 is 19.6. The largest absolute Gasteiger partial charge is 0.493 e. The number of halogens is 1. The Hall–Kier alpha value is -2.67. The summed E-state index contributed by atoms with van der Waals surface area (Å²) >= 11 is 0. The first-order valence-corrected chi connectivity index (χ1v) is 7.11. The van der Waals surface area contributed by atoms with Gasteiger partial charge in [0.15, 0.2) is 5.82 Å². The van der Waals surface area contributed by atoms with Gasteiger partial charge in [-0.2, -0.15) is 0 Å². The number of hydrogen-bond acceptors (Lipinski definition) is 3. The average molecular weight is 296 g/mol. The van der Waals surface area contributed by atoms with E-state index < -0.39 is 5.82 Å². The number of rotatable bonds is 6. The SMILES string of the molecule is C#Cc1cnc(-c2ccc(OCCC=CCC)cc2F)nc1. The van der Waals surface area contributed by atoms with E-state index in [-0.39, 0.29) is 0 Å². The molecule has 0 saturated carbocycles. The van der Waals surface area contributed by atoms with E-state index in [1.54, 1.807) is 12.1 Å². The van der Waals surface area contributed by atoms with E-state index in [2.05, 4.69) is 28.9 Å². The molecule has 0 aliphatic heterocycles. The molecule has 0 atom stereocenters. The maximum atomic E-state index is 14.1. The molecule has 4 heteroatoms. The highest BCUT2D eigenvalue weighted by Gasteiger charge is 2.09. The van der Waals surface area contributed by atoms with Gasteiger partial charge in [0.2, 0.25) is 0 Å². The van der Waals surface area contributed by atoms with Crippen molar-refractivity contribution in [2.24, 2.45) is 0 Å². The minimum absolute atomic E-state index is 0.300. The highest BCUT2D eigenvalue weighted by Crippen LogP contribution is 2.23. The first-order chi connectivity index (χ1) is 10.7. The number of hydrogen-bond donors (Lipinski definition) is 0. The molecule has 112 valence electrons. The lowest BCUT2D eigenvalue weighted by atomic mass is 10.2. The minimum atomic E-state index is -0.421. The molecule has 0 amide bonds. The zero-order chi connectivity index (χ0) is 15.8. The van der Waals surface area contributed by atoms with Gasteiger partial charge in [-0.1, -0.05) is 25.0 Å². The Labute approximate surface area is 129 Å². The molecule has 0 bridgehead atoms. The van der Waals surface area contributed by atoms with Gasteiger partial charge in [-0.05, 0) is 25.0 Å². The molecule has 0 aliphatic rings. The summed E-state index contributed by atoms with van der Waals surface area (Å²) in [7, 11) is 0. The molecule has 22 heavy (non-hydrogen) atoms. The van der Waals surface area contributed by atoms with E-state index in [9.17, 15) is 4.39 Å². The molecule has 0 saturated heterocycles. The fourth-order valence-electron chi connectivity index (χ4n) is 1.84. The molecule has 1 aromatic heterocycles. The minimum Gasteiger partial charge on any atom is -0.493 e. The fourth-order valence-corrected chi connectivity index (χ4v) is 1.84. The van der Waals surface area contributed by atoms with Crippen LogP contribution in [0.1, 0.15) is 25.3 Å². The smallest absolute Gasteiger partial charge is 0.162 e. The van der Waals surface area contributed by atoms with Crippen LogP contribution in [0.4, 0.5) is 4.39 Å². The third kappa shape index (κ3) is 4.16. The van der Waals surface area contributed by atoms with E-state index in [1.807, 2.05) is 6.08 Å². The van der Waals surface area contributed by atoms with E-state index >= 15 is 0 Å². The Balaban J connectivity index is 2.05. The van der Waals surface area contributed by atoms with Crippen molar-refractivity contribution in [3.63, 3.8) is 0 Å². The number of ether oxygens (including phenoxy) is 1. The lowest BCUT2D eigenvalue weighted by Gasteiger charge is -2.07. The quantitative estimate of drug-likeness (QED) is 0.459. The van der Waals surface area contributed by atoms with Crippen molar-refractivity contribution in [2.75, 3.05) is 6.61 Å². The van der Waals surface area contributed by atoms with Gasteiger partial charge in [0, 0.05) is 18.5 Å². The molecule has 0 aliphatic carbocycles. The van der Waals surface area contributed by atoms with Gasteiger partial charge in [0.1, 0.15) is 11.6 Å². The van der Waals surface area contributed by atoms with Gasteiger partial charge in [-0.3, -0.25) is 0 Å². The number of terminal acetylenes is 1. The van der Waals surface area contributed by atoms with E-state index in [0.717, 1.165) is 12.8 Å². The number of aromatic nitrogens is 2. The molecule has 2 rings (SSSR count). The van der Waals surface area contributed by atoms with Crippen LogP contribution in [0.5, 0.6) is 5.75 Å². The summed E-state index contributed by atoms with van der Waals surface area (Å²) in [5, 5.41) is 0. The lowest BCUT2D eigenvalue weighted by molar-refractivity contribution is 0.323. The molecule has 3 nitrogen and oxygen atoms in total. The molecule has 1 aromatic carbocycles. The summed E-state index contributed by atoms with van der Waals surface area (Å²) in [5.74, 6) is 2.79. The Morgan fingerprint density at radius 2 is 2.05 bits per heavy atom. The maximum Gasteiger partial charge on any atom is 0.162 e. The zero-order valence-corrected chi connectivity index (χ0v) is 12.4. The standard InChI is InChI=1S/C18H17FN2O/c1-3-5-6-7-10-22-15-8-9-16(17(19)11-15)18-20-12-14(4-2)13-21-18/h2,5-6,8-9,11-13H,3,7,10H2,1H3. The number of allylic oxidation sites excluding steroid dienone is 1. The molecular weight excluding hydrogens is 279 g/mol. The second-order valence-electron chi connectivity index (χ2n) is 4.60. The molecule has 2 aromatic rings. The highest BCUT2D eigenvalue weighted by molar-refractivity contribution is 5.57. The van der Waals surface area contributed by atoms with Crippen LogP contribution in [0.2, 0.25) is 0 Å². The van der Waals surface area contributed by atoms with Crippen LogP contribution in [-0.2, 0) is 0 Å². The summed E-state index contributed by atoms with van der Waals surface area (Å²) in [5.41, 5.74) is 0.881. The van der Waals surface area contributed by atoms with E-state index in [4.69, 9.17) is 11.2 Å². The van der Waals surface area contributed by atoms with E-state index in [1.165, 1.54) is 18.5 Å². The monoisotopic (exact) mass is 296 g/mol. The predicted octanol–water partition coefficient (Wildman–Crippen LogP) is 4.00. The third-order valence-electron chi connectivity index (χ3n) is 2.96. The summed E-state index contributed by atoms with van der Waals surface area (Å²) in [6.45, 7) is 2.59. The second kappa shape index (κ2) is 7.94. The molecular formula is C18H17FN2O.